The topological polar surface area (TPSA) is 52.6 Å². The first kappa shape index (κ1) is 13.1. The fourth-order valence-corrected chi connectivity index (χ4v) is 2.66. The summed E-state index contributed by atoms with van der Waals surface area (Å²) in [7, 11) is 0. The molecule has 4 aromatic heterocycles. The third-order valence-electron chi connectivity index (χ3n) is 3.73. The van der Waals surface area contributed by atoms with Crippen molar-refractivity contribution < 1.29 is 17.7 Å². The monoisotopic (exact) mass is 316 g/mol. The third kappa shape index (κ3) is 2.44. The van der Waals surface area contributed by atoms with Crippen LogP contribution < -0.4 is 21.7 Å². The zero-order valence-corrected chi connectivity index (χ0v) is 12.6. The third-order valence-corrected chi connectivity index (χ3v) is 3.73. The average Bonchev–Trinajstić information content (AvgIpc) is 3.32. The molecule has 0 radical (unpaired) electrons. The van der Waals surface area contributed by atoms with E-state index in [1.807, 2.05) is 72.8 Å². The zero-order chi connectivity index (χ0) is 15.9. The van der Waals surface area contributed by atoms with Crippen LogP contribution in [0.2, 0.25) is 0 Å². The second kappa shape index (κ2) is 5.06. The molecule has 0 unspecified atom stereocenters. The summed E-state index contributed by atoms with van der Waals surface area (Å²) >= 11 is 0. The second-order valence-electron chi connectivity index (χ2n) is 5.54. The van der Waals surface area contributed by atoms with E-state index in [1.54, 1.807) is 0 Å². The Bertz CT molecular complexity index is 1070. The smallest absolute Gasteiger partial charge is 0.131 e. The Morgan fingerprint density at radius 2 is 0.625 bits per heavy atom. The minimum absolute atomic E-state index is 0.716. The first-order chi connectivity index (χ1) is 11.8. The number of rotatable bonds is 0. The van der Waals surface area contributed by atoms with E-state index < -0.39 is 0 Å². The van der Waals surface area contributed by atoms with Crippen molar-refractivity contribution in [2.24, 2.45) is 0 Å². The molecule has 116 valence electrons. The average molecular weight is 316 g/mol. The summed E-state index contributed by atoms with van der Waals surface area (Å²) in [6, 6.07) is 15.1. The molecule has 5 rings (SSSR count). The molecule has 0 aromatic carbocycles. The highest BCUT2D eigenvalue weighted by Crippen LogP contribution is 2.10. The van der Waals surface area contributed by atoms with Crippen molar-refractivity contribution in [2.45, 2.75) is 0 Å². The zero-order valence-electron chi connectivity index (χ0n) is 12.6. The van der Waals surface area contributed by atoms with Gasteiger partial charge >= 0.3 is 0 Å². The van der Waals surface area contributed by atoms with Gasteiger partial charge in [-0.15, -0.1) is 0 Å². The van der Waals surface area contributed by atoms with Crippen molar-refractivity contribution >= 4 is 24.3 Å². The van der Waals surface area contributed by atoms with Crippen LogP contribution in [-0.4, -0.2) is 0 Å². The molecule has 0 amide bonds. The lowest BCUT2D eigenvalue weighted by molar-refractivity contribution is 0.486. The molecule has 1 aliphatic rings. The lowest BCUT2D eigenvalue weighted by Gasteiger charge is -1.86. The minimum Gasteiger partial charge on any atom is -0.457 e. The van der Waals surface area contributed by atoms with Gasteiger partial charge in [-0.25, -0.2) is 0 Å². The molecule has 0 saturated carbocycles. The molecule has 4 aromatic rings. The maximum absolute atomic E-state index is 5.77. The van der Waals surface area contributed by atoms with E-state index in [9.17, 15) is 0 Å². The number of hydrogen-bond donors (Lipinski definition) is 0. The van der Waals surface area contributed by atoms with Crippen molar-refractivity contribution in [1.82, 2.24) is 0 Å². The van der Waals surface area contributed by atoms with E-state index in [4.69, 9.17) is 17.7 Å². The molecule has 8 bridgehead atoms. The maximum atomic E-state index is 5.77. The molecule has 0 fully saturated rings. The Morgan fingerprint density at radius 3 is 0.917 bits per heavy atom. The lowest BCUT2D eigenvalue weighted by atomic mass is 10.3. The highest BCUT2D eigenvalue weighted by molar-refractivity contribution is 5.50. The van der Waals surface area contributed by atoms with Crippen LogP contribution >= 0.6 is 0 Å². The van der Waals surface area contributed by atoms with Gasteiger partial charge in [0.25, 0.3) is 0 Å². The normalized spacial score (nSPS) is 12.7. The molecule has 4 nitrogen and oxygen atoms in total. The molecule has 0 spiro atoms. The molecule has 1 aliphatic heterocycles. The van der Waals surface area contributed by atoms with Gasteiger partial charge in [0.15, 0.2) is 0 Å². The van der Waals surface area contributed by atoms with Crippen LogP contribution in [0.25, 0.3) is 24.3 Å². The largest absolute Gasteiger partial charge is 0.457 e. The van der Waals surface area contributed by atoms with E-state index in [-0.39, 0.29) is 0 Å². The standard InChI is InChI=1S/C20H12O4/c1-2-14-10-16-5-6-18(23-16)12-20-8-7-19(24-20)11-17-4-3-15(22-17)9-13(1)21-14/h1-12H. The summed E-state index contributed by atoms with van der Waals surface area (Å²) in [6.07, 6.45) is 7.37. The molecule has 0 N–H and O–H groups in total. The van der Waals surface area contributed by atoms with Crippen molar-refractivity contribution in [3.05, 3.63) is 93.2 Å². The Balaban J connectivity index is 1.79. The molecule has 4 heteroatoms. The first-order valence-corrected chi connectivity index (χ1v) is 7.59. The predicted octanol–water partition coefficient (Wildman–Crippen LogP) is 1.69. The van der Waals surface area contributed by atoms with Gasteiger partial charge in [-0.05, 0) is 48.5 Å². The van der Waals surface area contributed by atoms with Crippen LogP contribution in [0, 0.1) is 0 Å². The van der Waals surface area contributed by atoms with Crippen molar-refractivity contribution in [2.75, 3.05) is 0 Å². The molecule has 24 heavy (non-hydrogen) atoms. The summed E-state index contributed by atoms with van der Waals surface area (Å²) in [5.41, 5.74) is 2.86. The molecular formula is C20H12O4. The summed E-state index contributed by atoms with van der Waals surface area (Å²) in [4.78, 5) is 0. The van der Waals surface area contributed by atoms with Crippen LogP contribution in [0.5, 0.6) is 0 Å². The quantitative estimate of drug-likeness (QED) is 0.436. The van der Waals surface area contributed by atoms with Crippen molar-refractivity contribution in [1.29, 1.82) is 0 Å². The van der Waals surface area contributed by atoms with Gasteiger partial charge in [-0.2, -0.15) is 0 Å². The van der Waals surface area contributed by atoms with Crippen LogP contribution in [0.1, 0.15) is 23.0 Å². The van der Waals surface area contributed by atoms with E-state index in [2.05, 4.69) is 0 Å². The fraction of sp³-hybridized carbons (Fsp3) is 0. The molecular weight excluding hydrogens is 304 g/mol. The summed E-state index contributed by atoms with van der Waals surface area (Å²) < 4.78 is 23.1. The highest BCUT2D eigenvalue weighted by atomic mass is 16.4. The van der Waals surface area contributed by atoms with E-state index >= 15 is 0 Å². The Morgan fingerprint density at radius 1 is 0.333 bits per heavy atom. The lowest BCUT2D eigenvalue weighted by Crippen LogP contribution is -2.00. The fourth-order valence-electron chi connectivity index (χ4n) is 2.66. The molecule has 0 atom stereocenters. The van der Waals surface area contributed by atoms with E-state index in [0.29, 0.717) is 44.7 Å². The first-order valence-electron chi connectivity index (χ1n) is 7.59. The van der Waals surface area contributed by atoms with Crippen LogP contribution in [0.15, 0.2) is 66.2 Å². The molecule has 0 saturated heterocycles. The second-order valence-corrected chi connectivity index (χ2v) is 5.54. The molecule has 0 aliphatic carbocycles. The van der Waals surface area contributed by atoms with Gasteiger partial charge in [0.2, 0.25) is 0 Å². The minimum atomic E-state index is 0.716. The van der Waals surface area contributed by atoms with Gasteiger partial charge in [-0.3, -0.25) is 0 Å². The van der Waals surface area contributed by atoms with Gasteiger partial charge in [-0.1, -0.05) is 0 Å². The highest BCUT2D eigenvalue weighted by Gasteiger charge is 2.01. The van der Waals surface area contributed by atoms with Crippen LogP contribution in [0.4, 0.5) is 0 Å². The summed E-state index contributed by atoms with van der Waals surface area (Å²) in [5.74, 6) is 2.86. The number of hydrogen-bond acceptors (Lipinski definition) is 4. The Hall–Kier alpha value is -3.40. The van der Waals surface area contributed by atoms with Crippen molar-refractivity contribution in [3.8, 4) is 0 Å². The SMILES string of the molecule is C1=c2ccc(o2)=Cc2ccc(o2)C=c2ccc(o2)=Cc2ccc1o2. The van der Waals surface area contributed by atoms with Gasteiger partial charge in [0.05, 0.1) is 0 Å². The van der Waals surface area contributed by atoms with Gasteiger partial charge in [0, 0.05) is 24.3 Å². The van der Waals surface area contributed by atoms with E-state index in [1.165, 1.54) is 0 Å². The van der Waals surface area contributed by atoms with Gasteiger partial charge in [0.1, 0.15) is 44.7 Å². The maximum Gasteiger partial charge on any atom is 0.131 e. The Kier molecular flexibility index (Phi) is 2.76. The predicted molar refractivity (Wildman–Crippen MR) is 87.6 cm³/mol. The summed E-state index contributed by atoms with van der Waals surface area (Å²) in [5, 5.41) is 0. The van der Waals surface area contributed by atoms with Crippen LogP contribution in [0.3, 0.4) is 0 Å². The van der Waals surface area contributed by atoms with E-state index in [0.717, 1.165) is 0 Å². The van der Waals surface area contributed by atoms with Gasteiger partial charge < -0.3 is 17.7 Å². The number of furan rings is 4. The van der Waals surface area contributed by atoms with Crippen LogP contribution in [-0.2, 0) is 0 Å². The Labute approximate surface area is 135 Å². The van der Waals surface area contributed by atoms with Crippen molar-refractivity contribution in [3.63, 3.8) is 0 Å². The molecule has 5 heterocycles. The number of fused-ring (bicyclic) bond motifs is 8. The summed E-state index contributed by atoms with van der Waals surface area (Å²) in [6.45, 7) is 0.